The predicted molar refractivity (Wildman–Crippen MR) is 164 cm³/mol. The molecule has 1 heterocycles. The van der Waals surface area contributed by atoms with Gasteiger partial charge < -0.3 is 55.7 Å². The van der Waals surface area contributed by atoms with Gasteiger partial charge in [-0.3, -0.25) is 9.59 Å². The van der Waals surface area contributed by atoms with Gasteiger partial charge in [-0.25, -0.2) is 4.79 Å². The number of aliphatic hydroxyl groups is 4. The van der Waals surface area contributed by atoms with E-state index < -0.39 is 48.6 Å². The molecule has 0 aliphatic carbocycles. The van der Waals surface area contributed by atoms with E-state index in [1.165, 1.54) is 19.1 Å². The Morgan fingerprint density at radius 3 is 1.91 bits per heavy atom. The van der Waals surface area contributed by atoms with Gasteiger partial charge in [0.25, 0.3) is 0 Å². The first kappa shape index (κ1) is 39.0. The molecule has 0 aliphatic rings. The Morgan fingerprint density at radius 1 is 0.933 bits per heavy atom. The Morgan fingerprint density at radius 2 is 1.44 bits per heavy atom. The molecule has 1 aromatic heterocycles. The number of hydrogen-bond donors (Lipinski definition) is 7. The van der Waals surface area contributed by atoms with Crippen LogP contribution < -0.4 is 20.6 Å². The fourth-order valence-electron chi connectivity index (χ4n) is 4.08. The van der Waals surface area contributed by atoms with Gasteiger partial charge in [-0.2, -0.15) is 0 Å². The molecule has 0 spiro atoms. The van der Waals surface area contributed by atoms with Crippen molar-refractivity contribution in [1.82, 2.24) is 0 Å². The molecule has 14 nitrogen and oxygen atoms in total. The van der Waals surface area contributed by atoms with Crippen molar-refractivity contribution in [3.63, 3.8) is 0 Å². The molecule has 0 radical (unpaired) electrons. The summed E-state index contributed by atoms with van der Waals surface area (Å²) >= 11 is 0. The minimum Gasteiger partial charge on any atom is -0.507 e. The Balaban J connectivity index is 0.000000993. The number of aliphatic hydroxyl groups excluding tert-OH is 4. The normalized spacial score (nSPS) is 11.6. The van der Waals surface area contributed by atoms with Crippen LogP contribution in [0.3, 0.4) is 0 Å². The number of phenolic OH excluding ortho intramolecular Hbond substituents is 1. The predicted octanol–water partition coefficient (Wildman–Crippen LogP) is 0.959. The van der Waals surface area contributed by atoms with Gasteiger partial charge in [0.1, 0.15) is 42.1 Å². The summed E-state index contributed by atoms with van der Waals surface area (Å²) in [6.45, 7) is 3.74. The quantitative estimate of drug-likeness (QED) is 0.115. The minimum atomic E-state index is -1.35. The highest BCUT2D eigenvalue weighted by atomic mass is 16.5. The number of rotatable bonds is 15. The Kier molecular flexibility index (Phi) is 15.6. The number of aromatic hydroxyl groups is 1. The minimum absolute atomic E-state index is 0. The van der Waals surface area contributed by atoms with Crippen molar-refractivity contribution in [3.8, 4) is 17.2 Å². The van der Waals surface area contributed by atoms with Crippen LogP contribution in [0.15, 0.2) is 39.5 Å². The number of aromatic carboxylic acids is 1. The van der Waals surface area contributed by atoms with E-state index in [1.54, 1.807) is 12.1 Å². The van der Waals surface area contributed by atoms with E-state index in [4.69, 9.17) is 34.9 Å². The first-order valence-corrected chi connectivity index (χ1v) is 14.1. The summed E-state index contributed by atoms with van der Waals surface area (Å²) < 4.78 is 17.0. The van der Waals surface area contributed by atoms with Gasteiger partial charge in [-0.15, -0.1) is 0 Å². The van der Waals surface area contributed by atoms with Gasteiger partial charge in [0.15, 0.2) is 11.2 Å². The average molecular weight is 638 g/mol. The number of ketones is 1. The average Bonchev–Trinajstić information content (AvgIpc) is 3.00. The highest BCUT2D eigenvalue weighted by Gasteiger charge is 2.21. The third-order valence-corrected chi connectivity index (χ3v) is 6.59. The Labute approximate surface area is 259 Å². The molecule has 0 saturated carbocycles. The molecule has 45 heavy (non-hydrogen) atoms. The second-order valence-corrected chi connectivity index (χ2v) is 10.3. The third kappa shape index (κ3) is 10.2. The number of fused-ring (bicyclic) bond motifs is 1. The maximum Gasteiger partial charge on any atom is 0.371 e. The van der Waals surface area contributed by atoms with Gasteiger partial charge in [-0.05, 0) is 44.0 Å². The molecule has 3 aromatic rings. The SMILES string of the molecule is CCCc1c(OCC(O)COc2ccc3c(=O)cc(C(=O)O)oc3c2CCC)ccc(C(C)=O)c1O.NC(CO)(CO)CO.O. The van der Waals surface area contributed by atoms with E-state index in [1.807, 2.05) is 13.8 Å². The first-order chi connectivity index (χ1) is 20.9. The molecule has 0 aliphatic heterocycles. The molecule has 250 valence electrons. The summed E-state index contributed by atoms with van der Waals surface area (Å²) in [6.07, 6.45) is 1.32. The van der Waals surface area contributed by atoms with Crippen molar-refractivity contribution >= 4 is 22.7 Å². The number of Topliss-reactive ketones (excluding diaryl/α,β-unsaturated/α-hetero) is 1. The molecule has 1 atom stereocenters. The summed E-state index contributed by atoms with van der Waals surface area (Å²) in [5, 5.41) is 55.5. The van der Waals surface area contributed by atoms with Crippen LogP contribution in [0.1, 0.15) is 65.7 Å². The van der Waals surface area contributed by atoms with Crippen LogP contribution in [0.5, 0.6) is 17.2 Å². The number of hydrogen-bond acceptors (Lipinski definition) is 12. The van der Waals surface area contributed by atoms with Crippen molar-refractivity contribution in [2.75, 3.05) is 33.0 Å². The first-order valence-electron chi connectivity index (χ1n) is 14.1. The van der Waals surface area contributed by atoms with Crippen LogP contribution in [0.2, 0.25) is 0 Å². The molecule has 0 fully saturated rings. The molecule has 0 saturated heterocycles. The van der Waals surface area contributed by atoms with Crippen molar-refractivity contribution in [2.24, 2.45) is 5.73 Å². The lowest BCUT2D eigenvalue weighted by atomic mass is 10.0. The number of nitrogens with two attached hydrogens (primary N) is 1. The van der Waals surface area contributed by atoms with Crippen LogP contribution in [-0.4, -0.2) is 92.5 Å². The van der Waals surface area contributed by atoms with Crippen LogP contribution in [0.4, 0.5) is 0 Å². The number of aryl methyl sites for hydroxylation is 1. The topological polar surface area (TPSA) is 262 Å². The molecule has 2 aromatic carbocycles. The molecular weight excluding hydrogens is 594 g/mol. The smallest absolute Gasteiger partial charge is 0.371 e. The maximum atomic E-state index is 12.4. The van der Waals surface area contributed by atoms with Crippen molar-refractivity contribution in [3.05, 3.63) is 63.0 Å². The van der Waals surface area contributed by atoms with E-state index in [0.29, 0.717) is 41.9 Å². The highest BCUT2D eigenvalue weighted by Crippen LogP contribution is 2.33. The largest absolute Gasteiger partial charge is 0.507 e. The Hall–Kier alpha value is -4.05. The summed E-state index contributed by atoms with van der Waals surface area (Å²) in [4.78, 5) is 35.4. The van der Waals surface area contributed by atoms with Crippen LogP contribution in [-0.2, 0) is 12.8 Å². The van der Waals surface area contributed by atoms with E-state index in [9.17, 15) is 29.7 Å². The Bertz CT molecular complexity index is 1470. The summed E-state index contributed by atoms with van der Waals surface area (Å²) in [5.41, 5.74) is 4.88. The molecular formula is C31H43NO13. The van der Waals surface area contributed by atoms with Crippen LogP contribution >= 0.6 is 0 Å². The molecule has 1 unspecified atom stereocenters. The fraction of sp³-hybridized carbons (Fsp3) is 0.452. The number of carboxylic acid groups (broad SMARTS) is 1. The number of carbonyl (C=O) groups excluding carboxylic acids is 1. The summed E-state index contributed by atoms with van der Waals surface area (Å²) in [7, 11) is 0. The lowest BCUT2D eigenvalue weighted by molar-refractivity contribution is 0.0618. The van der Waals surface area contributed by atoms with Gasteiger partial charge in [0.2, 0.25) is 5.76 Å². The summed E-state index contributed by atoms with van der Waals surface area (Å²) in [5.74, 6) is -1.44. The zero-order valence-electron chi connectivity index (χ0n) is 25.5. The van der Waals surface area contributed by atoms with Crippen molar-refractivity contribution in [2.45, 2.75) is 58.1 Å². The molecule has 14 heteroatoms. The van der Waals surface area contributed by atoms with Crippen LogP contribution in [0, 0.1) is 0 Å². The molecule has 0 bridgehead atoms. The second kappa shape index (κ2) is 18.0. The molecule has 0 amide bonds. The van der Waals surface area contributed by atoms with E-state index in [-0.39, 0.29) is 46.8 Å². The lowest BCUT2D eigenvalue weighted by Crippen LogP contribution is -2.50. The number of benzene rings is 2. The van der Waals surface area contributed by atoms with Crippen LogP contribution in [0.25, 0.3) is 11.0 Å². The standard InChI is InChI=1S/C27H30O9.C4H11NO3.H2O/c1-4-6-19-22(10-8-17(15(3)28)25(19)31)34-13-16(29)14-35-23-11-9-18-21(30)12-24(27(32)33)36-26(18)20(23)7-5-2;5-4(1-6,2-7)3-8;/h8-12,16,29,31H,4-7,13-14H2,1-3H3,(H,32,33);6-8H,1-3,5H2;1H2. The number of phenols is 1. The summed E-state index contributed by atoms with van der Waals surface area (Å²) in [6, 6.07) is 7.12. The van der Waals surface area contributed by atoms with Crippen molar-refractivity contribution < 1.29 is 59.6 Å². The number of carbonyl (C=O) groups is 2. The number of carboxylic acids is 1. The molecule has 10 N–H and O–H groups in total. The second-order valence-electron chi connectivity index (χ2n) is 10.3. The van der Waals surface area contributed by atoms with Gasteiger partial charge in [0.05, 0.1) is 36.3 Å². The van der Waals surface area contributed by atoms with Gasteiger partial charge >= 0.3 is 5.97 Å². The van der Waals surface area contributed by atoms with Crippen molar-refractivity contribution in [1.29, 1.82) is 0 Å². The third-order valence-electron chi connectivity index (χ3n) is 6.59. The fourth-order valence-corrected chi connectivity index (χ4v) is 4.08. The zero-order chi connectivity index (χ0) is 33.0. The number of ether oxygens (including phenoxy) is 2. The van der Waals surface area contributed by atoms with E-state index in [0.717, 1.165) is 12.5 Å². The molecule has 3 rings (SSSR count). The lowest BCUT2D eigenvalue weighted by Gasteiger charge is -2.20. The van der Waals surface area contributed by atoms with E-state index in [2.05, 4.69) is 0 Å². The zero-order valence-corrected chi connectivity index (χ0v) is 25.5. The highest BCUT2D eigenvalue weighted by molar-refractivity contribution is 5.97. The van der Waals surface area contributed by atoms with E-state index >= 15 is 0 Å². The van der Waals surface area contributed by atoms with Gasteiger partial charge in [0, 0.05) is 17.2 Å². The maximum absolute atomic E-state index is 12.4. The van der Waals surface area contributed by atoms with Gasteiger partial charge in [-0.1, -0.05) is 26.7 Å². The monoisotopic (exact) mass is 637 g/mol.